The molecule has 2 N–H and O–H groups in total. The Morgan fingerprint density at radius 3 is 2.86 bits per heavy atom. The maximum atomic E-state index is 13.0. The highest BCUT2D eigenvalue weighted by molar-refractivity contribution is 5.92. The van der Waals surface area contributed by atoms with E-state index in [9.17, 15) is 9.18 Å². The van der Waals surface area contributed by atoms with Gasteiger partial charge in [-0.3, -0.25) is 4.79 Å². The van der Waals surface area contributed by atoms with Crippen molar-refractivity contribution in [1.29, 1.82) is 0 Å². The van der Waals surface area contributed by atoms with Crippen LogP contribution in [0.1, 0.15) is 5.56 Å². The number of amides is 1. The number of pyridine rings is 1. The second-order valence-electron chi connectivity index (χ2n) is 4.46. The Kier molecular flexibility index (Phi) is 5.04. The van der Waals surface area contributed by atoms with Gasteiger partial charge in [-0.25, -0.2) is 9.37 Å². The van der Waals surface area contributed by atoms with Crippen molar-refractivity contribution in [3.63, 3.8) is 0 Å². The molecule has 5 heteroatoms. The maximum Gasteiger partial charge on any atom is 0.228 e. The highest BCUT2D eigenvalue weighted by Gasteiger charge is 2.05. The van der Waals surface area contributed by atoms with Crippen LogP contribution in [-0.4, -0.2) is 17.4 Å². The van der Waals surface area contributed by atoms with Crippen LogP contribution in [0.2, 0.25) is 0 Å². The molecule has 0 atom stereocenters. The number of benzene rings is 1. The minimum Gasteiger partial charge on any atom is -0.367 e. The highest BCUT2D eigenvalue weighted by atomic mass is 19.1. The van der Waals surface area contributed by atoms with Gasteiger partial charge in [0.15, 0.2) is 0 Å². The lowest BCUT2D eigenvalue weighted by atomic mass is 10.1. The average Bonchev–Trinajstić information content (AvgIpc) is 2.46. The molecule has 1 heterocycles. The monoisotopic (exact) mass is 285 g/mol. The number of aromatic nitrogens is 1. The molecule has 0 bridgehead atoms. The van der Waals surface area contributed by atoms with E-state index >= 15 is 0 Å². The molecule has 0 unspecified atom stereocenters. The Balaban J connectivity index is 1.91. The van der Waals surface area contributed by atoms with Crippen LogP contribution < -0.4 is 10.6 Å². The Bertz CT molecular complexity index is 626. The number of nitrogens with zero attached hydrogens (tertiary/aromatic N) is 1. The Hall–Kier alpha value is -2.69. The molecule has 1 aromatic carbocycles. The van der Waals surface area contributed by atoms with Crippen LogP contribution in [0.3, 0.4) is 0 Å². The third kappa shape index (κ3) is 4.72. The molecule has 0 aliphatic carbocycles. The fourth-order valence-corrected chi connectivity index (χ4v) is 1.79. The van der Waals surface area contributed by atoms with Gasteiger partial charge in [-0.2, -0.15) is 0 Å². The summed E-state index contributed by atoms with van der Waals surface area (Å²) in [4.78, 5) is 16.0. The molecule has 2 aromatic rings. The summed E-state index contributed by atoms with van der Waals surface area (Å²) >= 11 is 0. The van der Waals surface area contributed by atoms with Crippen molar-refractivity contribution >= 4 is 17.4 Å². The van der Waals surface area contributed by atoms with Crippen molar-refractivity contribution in [1.82, 2.24) is 4.98 Å². The fourth-order valence-electron chi connectivity index (χ4n) is 1.79. The summed E-state index contributed by atoms with van der Waals surface area (Å²) in [7, 11) is 0. The number of anilines is 2. The number of nitrogens with one attached hydrogen (secondary N) is 2. The zero-order chi connectivity index (χ0) is 15.1. The van der Waals surface area contributed by atoms with Gasteiger partial charge in [0.05, 0.1) is 18.3 Å². The molecule has 0 aliphatic rings. The Morgan fingerprint density at radius 1 is 1.33 bits per heavy atom. The van der Waals surface area contributed by atoms with E-state index in [1.165, 1.54) is 12.1 Å². The zero-order valence-corrected chi connectivity index (χ0v) is 11.5. The molecule has 4 nitrogen and oxygen atoms in total. The lowest BCUT2D eigenvalue weighted by Crippen LogP contribution is -2.14. The van der Waals surface area contributed by atoms with Crippen LogP contribution in [0.4, 0.5) is 15.9 Å². The number of rotatable bonds is 6. The molecule has 0 aliphatic heterocycles. The van der Waals surface area contributed by atoms with Gasteiger partial charge in [0.1, 0.15) is 11.6 Å². The molecule has 1 aromatic heterocycles. The minimum atomic E-state index is -0.348. The van der Waals surface area contributed by atoms with E-state index in [2.05, 4.69) is 22.2 Å². The molecule has 0 saturated carbocycles. The van der Waals surface area contributed by atoms with Gasteiger partial charge >= 0.3 is 0 Å². The molecule has 21 heavy (non-hydrogen) atoms. The summed E-state index contributed by atoms with van der Waals surface area (Å²) in [5, 5.41) is 5.76. The number of carbonyl (C=O) groups excluding carboxylic acids is 1. The average molecular weight is 285 g/mol. The molecule has 0 spiro atoms. The molecule has 1 amide bonds. The maximum absolute atomic E-state index is 13.0. The van der Waals surface area contributed by atoms with Crippen LogP contribution in [0.5, 0.6) is 0 Å². The number of hydrogen-bond acceptors (Lipinski definition) is 3. The van der Waals surface area contributed by atoms with Gasteiger partial charge in [0.25, 0.3) is 0 Å². The summed E-state index contributed by atoms with van der Waals surface area (Å²) in [6, 6.07) is 9.51. The van der Waals surface area contributed by atoms with Crippen molar-refractivity contribution in [2.45, 2.75) is 6.42 Å². The van der Waals surface area contributed by atoms with Gasteiger partial charge in [-0.15, -0.1) is 6.58 Å². The molecule has 0 saturated heterocycles. The second kappa shape index (κ2) is 7.19. The number of hydrogen-bond donors (Lipinski definition) is 2. The van der Waals surface area contributed by atoms with Gasteiger partial charge in [-0.05, 0) is 29.8 Å². The normalized spacial score (nSPS) is 9.95. The van der Waals surface area contributed by atoms with E-state index in [-0.39, 0.29) is 18.1 Å². The lowest BCUT2D eigenvalue weighted by molar-refractivity contribution is -0.115. The first-order valence-electron chi connectivity index (χ1n) is 6.52. The third-order valence-electron chi connectivity index (χ3n) is 2.73. The summed E-state index contributed by atoms with van der Waals surface area (Å²) in [6.45, 7) is 4.23. The molecule has 2 rings (SSSR count). The first-order chi connectivity index (χ1) is 10.2. The van der Waals surface area contributed by atoms with Crippen LogP contribution in [0, 0.1) is 5.82 Å². The van der Waals surface area contributed by atoms with Crippen LogP contribution >= 0.6 is 0 Å². The topological polar surface area (TPSA) is 54.0 Å². The Labute approximate surface area is 122 Å². The summed E-state index contributed by atoms with van der Waals surface area (Å²) in [5.41, 5.74) is 1.23. The number of halogens is 1. The van der Waals surface area contributed by atoms with Crippen LogP contribution in [0.25, 0.3) is 0 Å². The summed E-state index contributed by atoms with van der Waals surface area (Å²) in [5.74, 6) is 0.145. The van der Waals surface area contributed by atoms with Crippen LogP contribution in [0.15, 0.2) is 55.3 Å². The summed E-state index contributed by atoms with van der Waals surface area (Å²) in [6.07, 6.45) is 3.42. The van der Waals surface area contributed by atoms with Gasteiger partial charge in [0, 0.05) is 6.54 Å². The molecular weight excluding hydrogens is 269 g/mol. The first-order valence-corrected chi connectivity index (χ1v) is 6.52. The van der Waals surface area contributed by atoms with E-state index in [0.29, 0.717) is 23.6 Å². The number of carbonyl (C=O) groups is 1. The van der Waals surface area contributed by atoms with Gasteiger partial charge in [-0.1, -0.05) is 18.2 Å². The fraction of sp³-hybridized carbons (Fsp3) is 0.125. The van der Waals surface area contributed by atoms with Crippen molar-refractivity contribution in [3.05, 3.63) is 66.6 Å². The highest BCUT2D eigenvalue weighted by Crippen LogP contribution is 2.11. The van der Waals surface area contributed by atoms with Gasteiger partial charge < -0.3 is 10.6 Å². The third-order valence-corrected chi connectivity index (χ3v) is 2.73. The lowest BCUT2D eigenvalue weighted by Gasteiger charge is -2.07. The standard InChI is InChI=1S/C16H16FN3O/c1-2-8-18-15-7-6-14(11-19-15)20-16(21)10-12-4-3-5-13(17)9-12/h2-7,9,11H,1,8,10H2,(H,18,19)(H,20,21). The van der Waals surface area contributed by atoms with Gasteiger partial charge in [0.2, 0.25) is 5.91 Å². The molecule has 0 fully saturated rings. The largest absolute Gasteiger partial charge is 0.367 e. The quantitative estimate of drug-likeness (QED) is 0.802. The van der Waals surface area contributed by atoms with Crippen molar-refractivity contribution in [2.75, 3.05) is 17.2 Å². The molecule has 108 valence electrons. The smallest absolute Gasteiger partial charge is 0.228 e. The summed E-state index contributed by atoms with van der Waals surface area (Å²) < 4.78 is 13.0. The molecule has 0 radical (unpaired) electrons. The van der Waals surface area contributed by atoms with E-state index in [4.69, 9.17) is 0 Å². The first kappa shape index (κ1) is 14.7. The predicted octanol–water partition coefficient (Wildman–Crippen LogP) is 3.00. The van der Waals surface area contributed by atoms with E-state index in [1.54, 1.807) is 36.5 Å². The van der Waals surface area contributed by atoms with E-state index in [0.717, 1.165) is 0 Å². The SMILES string of the molecule is C=CCNc1ccc(NC(=O)Cc2cccc(F)c2)cn1. The van der Waals surface area contributed by atoms with E-state index in [1.807, 2.05) is 0 Å². The minimum absolute atomic E-state index is 0.119. The van der Waals surface area contributed by atoms with E-state index < -0.39 is 0 Å². The molecular formula is C16H16FN3O. The van der Waals surface area contributed by atoms with Crippen LogP contribution in [-0.2, 0) is 11.2 Å². The Morgan fingerprint density at radius 2 is 2.19 bits per heavy atom. The van der Waals surface area contributed by atoms with Crippen molar-refractivity contribution in [3.8, 4) is 0 Å². The predicted molar refractivity (Wildman–Crippen MR) is 81.7 cm³/mol. The zero-order valence-electron chi connectivity index (χ0n) is 11.5. The second-order valence-corrected chi connectivity index (χ2v) is 4.46. The van der Waals surface area contributed by atoms with Crippen molar-refractivity contribution in [2.24, 2.45) is 0 Å². The van der Waals surface area contributed by atoms with Crippen molar-refractivity contribution < 1.29 is 9.18 Å².